The van der Waals surface area contributed by atoms with Crippen molar-refractivity contribution in [1.29, 1.82) is 0 Å². The molecule has 2 amide bonds. The first-order valence-corrected chi connectivity index (χ1v) is 11.1. The number of fused-ring (bicyclic) bond motifs is 1. The summed E-state index contributed by atoms with van der Waals surface area (Å²) < 4.78 is 13.0. The van der Waals surface area contributed by atoms with Crippen LogP contribution in [0.5, 0.6) is 0 Å². The molecule has 2 N–H and O–H groups in total. The molecular formula is C26H31FN6O2. The fourth-order valence-corrected chi connectivity index (χ4v) is 4.06. The average molecular weight is 479 g/mol. The van der Waals surface area contributed by atoms with Crippen LogP contribution in [-0.4, -0.2) is 41.9 Å². The van der Waals surface area contributed by atoms with Crippen LogP contribution >= 0.6 is 0 Å². The van der Waals surface area contributed by atoms with E-state index in [1.807, 2.05) is 37.9 Å². The summed E-state index contributed by atoms with van der Waals surface area (Å²) >= 11 is 0. The number of hydrogen-bond acceptors (Lipinski definition) is 6. The maximum atomic E-state index is 13.0. The number of aromatic nitrogens is 2. The largest absolute Gasteiger partial charge is 0.350 e. The van der Waals surface area contributed by atoms with Gasteiger partial charge in [-0.2, -0.15) is 4.98 Å². The lowest BCUT2D eigenvalue weighted by atomic mass is 10.1. The third kappa shape index (κ3) is 5.24. The predicted molar refractivity (Wildman–Crippen MR) is 138 cm³/mol. The molecule has 0 spiro atoms. The van der Waals surface area contributed by atoms with Crippen molar-refractivity contribution in [3.63, 3.8) is 0 Å². The van der Waals surface area contributed by atoms with E-state index >= 15 is 0 Å². The minimum atomic E-state index is -0.385. The van der Waals surface area contributed by atoms with Gasteiger partial charge in [-0.05, 0) is 55.3 Å². The van der Waals surface area contributed by atoms with Crippen LogP contribution < -0.4 is 20.4 Å². The summed E-state index contributed by atoms with van der Waals surface area (Å²) in [5.74, 6) is 0.555. The zero-order valence-corrected chi connectivity index (χ0v) is 19.6. The second-order valence-electron chi connectivity index (χ2n) is 8.25. The molecule has 9 heteroatoms. The standard InChI is InChI=1S/C25H27FN6O2.CH4/c1-5-20-24(34)32(4)21-15(2)28-25(30-22(21)31(20)3)27-14-16-6-12-19(13-7-16)29-23(33)17-8-10-18(26)11-9-17;/h6-13,20H,5,14H2,1-4H3,(H,29,33)(H,27,28,30);1H4/t20-;/m1./s1. The number of rotatable bonds is 6. The molecule has 1 aliphatic rings. The molecule has 0 radical (unpaired) electrons. The molecule has 1 atom stereocenters. The van der Waals surface area contributed by atoms with Crippen molar-refractivity contribution < 1.29 is 14.0 Å². The second-order valence-corrected chi connectivity index (χ2v) is 8.25. The number of anilines is 4. The number of hydrogen-bond donors (Lipinski definition) is 2. The summed E-state index contributed by atoms with van der Waals surface area (Å²) in [6.45, 7) is 4.34. The van der Waals surface area contributed by atoms with E-state index in [1.165, 1.54) is 24.3 Å². The first-order valence-electron chi connectivity index (χ1n) is 11.1. The Kier molecular flexibility index (Phi) is 7.68. The van der Waals surface area contributed by atoms with E-state index in [0.29, 0.717) is 30.2 Å². The summed E-state index contributed by atoms with van der Waals surface area (Å²) in [6, 6.07) is 12.5. The zero-order chi connectivity index (χ0) is 24.4. The maximum Gasteiger partial charge on any atom is 0.255 e. The molecule has 0 saturated heterocycles. The first kappa shape index (κ1) is 25.6. The Morgan fingerprint density at radius 2 is 1.71 bits per heavy atom. The molecule has 0 fully saturated rings. The Balaban J connectivity index is 0.00000342. The van der Waals surface area contributed by atoms with Crippen LogP contribution in [0.15, 0.2) is 48.5 Å². The van der Waals surface area contributed by atoms with Gasteiger partial charge in [0.2, 0.25) is 11.9 Å². The summed E-state index contributed by atoms with van der Waals surface area (Å²) in [6.07, 6.45) is 0.689. The molecule has 0 bridgehead atoms. The minimum Gasteiger partial charge on any atom is -0.350 e. The van der Waals surface area contributed by atoms with Crippen molar-refractivity contribution in [2.75, 3.05) is 34.5 Å². The van der Waals surface area contributed by atoms with Crippen molar-refractivity contribution >= 4 is 35.0 Å². The predicted octanol–water partition coefficient (Wildman–Crippen LogP) is 4.62. The van der Waals surface area contributed by atoms with Crippen molar-refractivity contribution in [2.24, 2.45) is 0 Å². The molecule has 1 aliphatic heterocycles. The van der Waals surface area contributed by atoms with E-state index < -0.39 is 0 Å². The summed E-state index contributed by atoms with van der Waals surface area (Å²) in [4.78, 5) is 37.7. The molecule has 3 aromatic rings. The maximum absolute atomic E-state index is 13.0. The van der Waals surface area contributed by atoms with Crippen LogP contribution in [0.25, 0.3) is 0 Å². The molecule has 2 heterocycles. The molecule has 8 nitrogen and oxygen atoms in total. The first-order chi connectivity index (χ1) is 16.3. The van der Waals surface area contributed by atoms with Crippen LogP contribution in [0.2, 0.25) is 0 Å². The number of carbonyl (C=O) groups excluding carboxylic acids is 2. The Labute approximate surface area is 205 Å². The number of nitrogens with zero attached hydrogens (tertiary/aromatic N) is 4. The van der Waals surface area contributed by atoms with Gasteiger partial charge in [0.05, 0.1) is 5.69 Å². The molecular weight excluding hydrogens is 447 g/mol. The van der Waals surface area contributed by atoms with Crippen LogP contribution in [0.4, 0.5) is 27.5 Å². The van der Waals surface area contributed by atoms with E-state index in [9.17, 15) is 14.0 Å². The third-order valence-electron chi connectivity index (χ3n) is 5.95. The van der Waals surface area contributed by atoms with Crippen molar-refractivity contribution in [1.82, 2.24) is 9.97 Å². The van der Waals surface area contributed by atoms with E-state index in [4.69, 9.17) is 0 Å². The molecule has 184 valence electrons. The fourth-order valence-electron chi connectivity index (χ4n) is 4.06. The van der Waals surface area contributed by atoms with E-state index in [1.54, 1.807) is 24.1 Å². The van der Waals surface area contributed by atoms with Crippen LogP contribution in [-0.2, 0) is 11.3 Å². The normalized spacial score (nSPS) is 14.8. The van der Waals surface area contributed by atoms with E-state index in [-0.39, 0.29) is 31.1 Å². The highest BCUT2D eigenvalue weighted by Gasteiger charge is 2.36. The number of aryl methyl sites for hydroxylation is 1. The lowest BCUT2D eigenvalue weighted by Gasteiger charge is -2.38. The van der Waals surface area contributed by atoms with Gasteiger partial charge in [0.25, 0.3) is 5.91 Å². The van der Waals surface area contributed by atoms with Gasteiger partial charge in [-0.3, -0.25) is 9.59 Å². The highest BCUT2D eigenvalue weighted by atomic mass is 19.1. The third-order valence-corrected chi connectivity index (χ3v) is 5.95. The molecule has 35 heavy (non-hydrogen) atoms. The monoisotopic (exact) mass is 478 g/mol. The Hall–Kier alpha value is -4.01. The Bertz CT molecular complexity index is 1210. The number of halogens is 1. The van der Waals surface area contributed by atoms with Gasteiger partial charge >= 0.3 is 0 Å². The lowest BCUT2D eigenvalue weighted by molar-refractivity contribution is -0.119. The Morgan fingerprint density at radius 3 is 2.34 bits per heavy atom. The van der Waals surface area contributed by atoms with Gasteiger partial charge in [-0.15, -0.1) is 0 Å². The van der Waals surface area contributed by atoms with Crippen LogP contribution in [0.3, 0.4) is 0 Å². The molecule has 4 rings (SSSR count). The number of benzene rings is 2. The smallest absolute Gasteiger partial charge is 0.255 e. The highest BCUT2D eigenvalue weighted by Crippen LogP contribution is 2.36. The second kappa shape index (κ2) is 10.5. The summed E-state index contributed by atoms with van der Waals surface area (Å²) in [5, 5.41) is 6.05. The van der Waals surface area contributed by atoms with Gasteiger partial charge in [0.1, 0.15) is 17.5 Å². The van der Waals surface area contributed by atoms with Crippen molar-refractivity contribution in [2.45, 2.75) is 40.3 Å². The lowest BCUT2D eigenvalue weighted by Crippen LogP contribution is -2.51. The van der Waals surface area contributed by atoms with Crippen LogP contribution in [0.1, 0.15) is 42.4 Å². The number of carbonyl (C=O) groups is 2. The molecule has 0 aliphatic carbocycles. The van der Waals surface area contributed by atoms with Crippen molar-refractivity contribution in [3.8, 4) is 0 Å². The van der Waals surface area contributed by atoms with Gasteiger partial charge in [-0.1, -0.05) is 26.5 Å². The summed E-state index contributed by atoms with van der Waals surface area (Å²) in [7, 11) is 3.64. The number of nitrogens with one attached hydrogen (secondary N) is 2. The van der Waals surface area contributed by atoms with Crippen molar-refractivity contribution in [3.05, 3.63) is 71.2 Å². The minimum absolute atomic E-state index is 0. The molecule has 0 saturated carbocycles. The van der Waals surface area contributed by atoms with Crippen LogP contribution in [0, 0.1) is 12.7 Å². The highest BCUT2D eigenvalue weighted by molar-refractivity contribution is 6.05. The molecule has 1 aromatic heterocycles. The zero-order valence-electron chi connectivity index (χ0n) is 19.6. The molecule has 0 unspecified atom stereocenters. The average Bonchev–Trinajstić information content (AvgIpc) is 2.82. The Morgan fingerprint density at radius 1 is 1.06 bits per heavy atom. The number of amides is 2. The SMILES string of the molecule is C.CC[C@@H]1C(=O)N(C)c2c(C)nc(NCc3ccc(NC(=O)c4ccc(F)cc4)cc3)nc2N1C. The van der Waals surface area contributed by atoms with Gasteiger partial charge < -0.3 is 20.4 Å². The van der Waals surface area contributed by atoms with Gasteiger partial charge in [0.15, 0.2) is 5.82 Å². The van der Waals surface area contributed by atoms with E-state index in [2.05, 4.69) is 20.6 Å². The number of likely N-dealkylation sites (N-methyl/N-ethyl adjacent to an activating group) is 2. The summed E-state index contributed by atoms with van der Waals surface area (Å²) in [5.41, 5.74) is 3.45. The van der Waals surface area contributed by atoms with Gasteiger partial charge in [-0.25, -0.2) is 9.37 Å². The molecule has 2 aromatic carbocycles. The fraction of sp³-hybridized carbons (Fsp3) is 0.308. The van der Waals surface area contributed by atoms with Gasteiger partial charge in [0, 0.05) is 31.9 Å². The van der Waals surface area contributed by atoms with E-state index in [0.717, 1.165) is 22.8 Å². The topological polar surface area (TPSA) is 90.5 Å². The quantitative estimate of drug-likeness (QED) is 0.538.